The highest BCUT2D eigenvalue weighted by Gasteiger charge is 2.32. The van der Waals surface area contributed by atoms with E-state index in [1.807, 2.05) is 47.9 Å². The average molecular weight is 483 g/mol. The van der Waals surface area contributed by atoms with Crippen molar-refractivity contribution in [1.82, 2.24) is 14.8 Å². The maximum absolute atomic E-state index is 11.7. The van der Waals surface area contributed by atoms with E-state index in [1.54, 1.807) is 23.5 Å². The van der Waals surface area contributed by atoms with Crippen LogP contribution in [-0.2, 0) is 4.79 Å². The topological polar surface area (TPSA) is 116 Å². The third kappa shape index (κ3) is 4.09. The molecule has 1 aliphatic heterocycles. The lowest BCUT2D eigenvalue weighted by Gasteiger charge is -2.12. The summed E-state index contributed by atoms with van der Waals surface area (Å²) in [5.41, 5.74) is 5.99. The SMILES string of the molecule is Cc1sc2c(c1C)C(c1ccc(Nc3cccc(C#N)c3)cc1)=N[C@@H](CC(=O)O)c1nnc(C)n1-2. The summed E-state index contributed by atoms with van der Waals surface area (Å²) in [6.45, 7) is 6.01. The molecule has 3 heterocycles. The number of nitrogens with zero attached hydrogens (tertiary/aromatic N) is 5. The lowest BCUT2D eigenvalue weighted by atomic mass is 9.99. The Hall–Kier alpha value is -4.29. The van der Waals surface area contributed by atoms with E-state index < -0.39 is 12.0 Å². The fourth-order valence-corrected chi connectivity index (χ4v) is 5.45. The number of aromatic nitrogens is 3. The standard InChI is InChI=1S/C26H22N6O2S/c1-14-15(2)35-26-23(14)24(29-21(12-22(33)34)25-31-30-16(3)32(25)26)18-7-9-19(10-8-18)28-20-6-4-5-17(11-20)13-27/h4-11,21,28H,12H2,1-3H3,(H,33,34)/t21-/m0/s1. The van der Waals surface area contributed by atoms with Gasteiger partial charge >= 0.3 is 5.97 Å². The predicted octanol–water partition coefficient (Wildman–Crippen LogP) is 5.24. The number of aryl methyl sites for hydroxylation is 2. The van der Waals surface area contributed by atoms with E-state index in [-0.39, 0.29) is 6.42 Å². The van der Waals surface area contributed by atoms with Gasteiger partial charge in [-0.25, -0.2) is 0 Å². The number of thiophene rings is 1. The van der Waals surface area contributed by atoms with Crippen molar-refractivity contribution in [3.8, 4) is 11.1 Å². The van der Waals surface area contributed by atoms with Crippen molar-refractivity contribution in [3.63, 3.8) is 0 Å². The summed E-state index contributed by atoms with van der Waals surface area (Å²) in [5, 5.41) is 31.5. The minimum atomic E-state index is -0.942. The zero-order valence-electron chi connectivity index (χ0n) is 19.4. The quantitative estimate of drug-likeness (QED) is 0.402. The van der Waals surface area contributed by atoms with Crippen LogP contribution in [0.3, 0.4) is 0 Å². The zero-order chi connectivity index (χ0) is 24.7. The molecule has 2 aromatic carbocycles. The van der Waals surface area contributed by atoms with Gasteiger partial charge in [0.25, 0.3) is 0 Å². The van der Waals surface area contributed by atoms with Crippen molar-refractivity contribution in [2.45, 2.75) is 33.2 Å². The Morgan fingerprint density at radius 1 is 1.14 bits per heavy atom. The maximum atomic E-state index is 11.7. The number of hydrogen-bond donors (Lipinski definition) is 2. The van der Waals surface area contributed by atoms with Gasteiger partial charge < -0.3 is 10.4 Å². The van der Waals surface area contributed by atoms with Gasteiger partial charge in [0.05, 0.1) is 23.8 Å². The van der Waals surface area contributed by atoms with Crippen LogP contribution in [0.2, 0.25) is 0 Å². The number of benzene rings is 2. The van der Waals surface area contributed by atoms with Crippen molar-refractivity contribution in [2.24, 2.45) is 4.99 Å². The van der Waals surface area contributed by atoms with E-state index in [9.17, 15) is 9.90 Å². The van der Waals surface area contributed by atoms with Crippen LogP contribution < -0.4 is 5.32 Å². The Labute approximate surface area is 206 Å². The van der Waals surface area contributed by atoms with Crippen molar-refractivity contribution >= 4 is 34.4 Å². The Morgan fingerprint density at radius 2 is 1.91 bits per heavy atom. The van der Waals surface area contributed by atoms with E-state index in [1.165, 1.54) is 0 Å². The number of nitrogens with one attached hydrogen (secondary N) is 1. The smallest absolute Gasteiger partial charge is 0.306 e. The first-order valence-electron chi connectivity index (χ1n) is 11.1. The summed E-state index contributed by atoms with van der Waals surface area (Å²) in [7, 11) is 0. The summed E-state index contributed by atoms with van der Waals surface area (Å²) in [4.78, 5) is 17.8. The molecule has 0 saturated carbocycles. The summed E-state index contributed by atoms with van der Waals surface area (Å²) < 4.78 is 1.95. The number of carboxylic acids is 1. The summed E-state index contributed by atoms with van der Waals surface area (Å²) >= 11 is 1.64. The fraction of sp³-hybridized carbons (Fsp3) is 0.192. The van der Waals surface area contributed by atoms with Gasteiger partial charge in [0, 0.05) is 27.4 Å². The molecule has 1 aliphatic rings. The molecule has 2 aromatic heterocycles. The number of aliphatic imine (C=N–C) groups is 1. The second-order valence-electron chi connectivity index (χ2n) is 8.39. The number of carboxylic acid groups (broad SMARTS) is 1. The molecule has 0 spiro atoms. The Morgan fingerprint density at radius 3 is 2.63 bits per heavy atom. The Kier molecular flexibility index (Phi) is 5.67. The van der Waals surface area contributed by atoms with E-state index in [0.29, 0.717) is 17.2 Å². The molecular weight excluding hydrogens is 460 g/mol. The number of rotatable bonds is 5. The third-order valence-electron chi connectivity index (χ3n) is 6.05. The van der Waals surface area contributed by atoms with Crippen LogP contribution in [0.15, 0.2) is 53.5 Å². The number of hydrogen-bond acceptors (Lipinski definition) is 7. The third-order valence-corrected chi connectivity index (χ3v) is 7.24. The normalized spacial score (nSPS) is 14.3. The van der Waals surface area contributed by atoms with Crippen LogP contribution in [0, 0.1) is 32.1 Å². The highest BCUT2D eigenvalue weighted by molar-refractivity contribution is 7.15. The van der Waals surface area contributed by atoms with Gasteiger partial charge in [-0.2, -0.15) is 5.26 Å². The first-order valence-corrected chi connectivity index (χ1v) is 11.9. The average Bonchev–Trinajstić information content (AvgIpc) is 3.32. The van der Waals surface area contributed by atoms with Crippen LogP contribution in [0.1, 0.15) is 51.2 Å². The minimum absolute atomic E-state index is 0.177. The molecular formula is C26H22N6O2S. The lowest BCUT2D eigenvalue weighted by Crippen LogP contribution is -2.10. The number of fused-ring (bicyclic) bond motifs is 3. The van der Waals surface area contributed by atoms with Crippen molar-refractivity contribution in [1.29, 1.82) is 5.26 Å². The van der Waals surface area contributed by atoms with Gasteiger partial charge in [-0.15, -0.1) is 21.5 Å². The van der Waals surface area contributed by atoms with Gasteiger partial charge in [0.1, 0.15) is 16.9 Å². The van der Waals surface area contributed by atoms with E-state index in [2.05, 4.69) is 35.4 Å². The second-order valence-corrected chi connectivity index (χ2v) is 9.59. The molecule has 0 unspecified atom stereocenters. The van der Waals surface area contributed by atoms with Crippen LogP contribution >= 0.6 is 11.3 Å². The van der Waals surface area contributed by atoms with Gasteiger partial charge in [0.2, 0.25) is 0 Å². The highest BCUT2D eigenvalue weighted by atomic mass is 32.1. The lowest BCUT2D eigenvalue weighted by molar-refractivity contribution is -0.137. The van der Waals surface area contributed by atoms with Gasteiger partial charge in [-0.05, 0) is 56.7 Å². The van der Waals surface area contributed by atoms with Crippen LogP contribution in [-0.4, -0.2) is 31.6 Å². The summed E-state index contributed by atoms with van der Waals surface area (Å²) in [6.07, 6.45) is -0.177. The molecule has 4 aromatic rings. The Balaban J connectivity index is 1.59. The minimum Gasteiger partial charge on any atom is -0.481 e. The molecule has 0 amide bonds. The molecule has 0 fully saturated rings. The van der Waals surface area contributed by atoms with Crippen LogP contribution in [0.25, 0.3) is 5.00 Å². The molecule has 0 radical (unpaired) electrons. The van der Waals surface area contributed by atoms with E-state index >= 15 is 0 Å². The van der Waals surface area contributed by atoms with Crippen molar-refractivity contribution < 1.29 is 9.90 Å². The first-order chi connectivity index (χ1) is 16.9. The molecule has 0 saturated heterocycles. The molecule has 8 nitrogen and oxygen atoms in total. The van der Waals surface area contributed by atoms with Gasteiger partial charge in [-0.1, -0.05) is 18.2 Å². The molecule has 174 valence electrons. The number of carbonyl (C=O) groups is 1. The molecule has 35 heavy (non-hydrogen) atoms. The van der Waals surface area contributed by atoms with Crippen LogP contribution in [0.4, 0.5) is 11.4 Å². The second kappa shape index (κ2) is 8.81. The van der Waals surface area contributed by atoms with E-state index in [0.717, 1.165) is 43.7 Å². The van der Waals surface area contributed by atoms with Crippen molar-refractivity contribution in [3.05, 3.63) is 87.3 Å². The first kappa shape index (κ1) is 22.5. The predicted molar refractivity (Wildman–Crippen MR) is 135 cm³/mol. The van der Waals surface area contributed by atoms with E-state index in [4.69, 9.17) is 10.3 Å². The molecule has 9 heteroatoms. The summed E-state index contributed by atoms with van der Waals surface area (Å²) in [6, 6.07) is 16.6. The van der Waals surface area contributed by atoms with Crippen LogP contribution in [0.5, 0.6) is 0 Å². The number of anilines is 2. The molecule has 5 rings (SSSR count). The molecule has 1 atom stereocenters. The monoisotopic (exact) mass is 482 g/mol. The highest BCUT2D eigenvalue weighted by Crippen LogP contribution is 2.39. The maximum Gasteiger partial charge on any atom is 0.306 e. The number of aliphatic carboxylic acids is 1. The molecule has 0 bridgehead atoms. The molecule has 0 aliphatic carbocycles. The largest absolute Gasteiger partial charge is 0.481 e. The Bertz CT molecular complexity index is 1520. The van der Waals surface area contributed by atoms with Gasteiger partial charge in [-0.3, -0.25) is 14.4 Å². The van der Waals surface area contributed by atoms with Crippen molar-refractivity contribution in [2.75, 3.05) is 5.32 Å². The molecule has 2 N–H and O–H groups in total. The van der Waals surface area contributed by atoms with Gasteiger partial charge in [0.15, 0.2) is 5.82 Å². The number of nitriles is 1. The zero-order valence-corrected chi connectivity index (χ0v) is 20.2. The fourth-order valence-electron chi connectivity index (χ4n) is 4.23. The summed E-state index contributed by atoms with van der Waals surface area (Å²) in [5.74, 6) is 0.300.